The molecule has 0 saturated heterocycles. The zero-order valence-corrected chi connectivity index (χ0v) is 6.20. The van der Waals surface area contributed by atoms with Crippen LogP contribution in [0.5, 0.6) is 0 Å². The maximum absolute atomic E-state index is 11.0. The number of H-pyrrole nitrogens is 1. The van der Waals surface area contributed by atoms with Crippen LogP contribution in [0.4, 0.5) is 0 Å². The van der Waals surface area contributed by atoms with E-state index in [2.05, 4.69) is 10.3 Å². The standard InChI is InChI=1S/C7H8N2O3/c10-6(11)4-9-7(12)5-2-1-3-8-5/h1-3,8H,4H2,(H,9,12)(H,10,11). The molecule has 0 aliphatic carbocycles. The largest absolute Gasteiger partial charge is 0.480 e. The van der Waals surface area contributed by atoms with Crippen LogP contribution in [0, 0.1) is 0 Å². The number of carbonyl (C=O) groups excluding carboxylic acids is 1. The number of carboxylic acid groups (broad SMARTS) is 1. The predicted molar refractivity (Wildman–Crippen MR) is 40.8 cm³/mol. The van der Waals surface area contributed by atoms with Gasteiger partial charge in [-0.1, -0.05) is 0 Å². The Labute approximate surface area is 68.4 Å². The highest BCUT2D eigenvalue weighted by Gasteiger charge is 2.06. The molecule has 0 spiro atoms. The third-order valence-corrected chi connectivity index (χ3v) is 1.24. The molecule has 1 rings (SSSR count). The monoisotopic (exact) mass is 168 g/mol. The van der Waals surface area contributed by atoms with E-state index in [9.17, 15) is 9.59 Å². The fourth-order valence-electron chi connectivity index (χ4n) is 0.723. The number of nitrogens with one attached hydrogen (secondary N) is 2. The summed E-state index contributed by atoms with van der Waals surface area (Å²) in [6.07, 6.45) is 1.59. The maximum Gasteiger partial charge on any atom is 0.322 e. The number of aromatic nitrogens is 1. The van der Waals surface area contributed by atoms with E-state index in [0.29, 0.717) is 5.69 Å². The minimum Gasteiger partial charge on any atom is -0.480 e. The number of rotatable bonds is 3. The second kappa shape index (κ2) is 3.56. The first kappa shape index (κ1) is 8.32. The van der Waals surface area contributed by atoms with Gasteiger partial charge in [0.25, 0.3) is 5.91 Å². The molecule has 0 saturated carbocycles. The summed E-state index contributed by atoms with van der Waals surface area (Å²) >= 11 is 0. The van der Waals surface area contributed by atoms with Gasteiger partial charge in [0, 0.05) is 6.20 Å². The highest BCUT2D eigenvalue weighted by molar-refractivity contribution is 5.94. The number of aliphatic carboxylic acids is 1. The van der Waals surface area contributed by atoms with Crippen molar-refractivity contribution in [1.29, 1.82) is 0 Å². The van der Waals surface area contributed by atoms with E-state index in [0.717, 1.165) is 0 Å². The van der Waals surface area contributed by atoms with E-state index in [1.165, 1.54) is 0 Å². The predicted octanol–water partition coefficient (Wildman–Crippen LogP) is -0.171. The van der Waals surface area contributed by atoms with Gasteiger partial charge in [0.15, 0.2) is 0 Å². The van der Waals surface area contributed by atoms with Crippen molar-refractivity contribution in [3.63, 3.8) is 0 Å². The van der Waals surface area contributed by atoms with E-state index < -0.39 is 11.9 Å². The summed E-state index contributed by atoms with van der Waals surface area (Å²) < 4.78 is 0. The molecule has 0 atom stereocenters. The summed E-state index contributed by atoms with van der Waals surface area (Å²) in [6, 6.07) is 3.23. The van der Waals surface area contributed by atoms with Gasteiger partial charge in [-0.15, -0.1) is 0 Å². The minimum absolute atomic E-state index is 0.358. The Hall–Kier alpha value is -1.78. The van der Waals surface area contributed by atoms with E-state index in [-0.39, 0.29) is 6.54 Å². The molecule has 0 aromatic carbocycles. The third kappa shape index (κ3) is 2.12. The summed E-state index contributed by atoms with van der Waals surface area (Å²) in [4.78, 5) is 23.7. The molecule has 0 fully saturated rings. The van der Waals surface area contributed by atoms with Crippen molar-refractivity contribution >= 4 is 11.9 Å². The quantitative estimate of drug-likeness (QED) is 0.586. The molecule has 1 aromatic rings. The highest BCUT2D eigenvalue weighted by atomic mass is 16.4. The van der Waals surface area contributed by atoms with Gasteiger partial charge in [-0.25, -0.2) is 0 Å². The van der Waals surface area contributed by atoms with E-state index in [1.54, 1.807) is 18.3 Å². The van der Waals surface area contributed by atoms with Crippen LogP contribution in [-0.4, -0.2) is 28.5 Å². The smallest absolute Gasteiger partial charge is 0.322 e. The number of aromatic amines is 1. The summed E-state index contributed by atoms with van der Waals surface area (Å²) in [5.74, 6) is -1.47. The van der Waals surface area contributed by atoms with E-state index in [4.69, 9.17) is 5.11 Å². The van der Waals surface area contributed by atoms with Gasteiger partial charge < -0.3 is 15.4 Å². The zero-order valence-electron chi connectivity index (χ0n) is 6.20. The Morgan fingerprint density at radius 2 is 2.33 bits per heavy atom. The topological polar surface area (TPSA) is 82.2 Å². The van der Waals surface area contributed by atoms with Gasteiger partial charge in [0.1, 0.15) is 12.2 Å². The Bertz CT molecular complexity index is 279. The molecule has 1 heterocycles. The molecule has 12 heavy (non-hydrogen) atoms. The Morgan fingerprint density at radius 1 is 1.58 bits per heavy atom. The van der Waals surface area contributed by atoms with Gasteiger partial charge in [-0.05, 0) is 12.1 Å². The number of hydrogen-bond acceptors (Lipinski definition) is 2. The van der Waals surface area contributed by atoms with Crippen molar-refractivity contribution in [2.45, 2.75) is 0 Å². The van der Waals surface area contributed by atoms with Crippen LogP contribution < -0.4 is 5.32 Å². The highest BCUT2D eigenvalue weighted by Crippen LogP contribution is 1.92. The number of carboxylic acids is 1. The molecule has 0 aliphatic heterocycles. The molecule has 5 heteroatoms. The Morgan fingerprint density at radius 3 is 2.83 bits per heavy atom. The third-order valence-electron chi connectivity index (χ3n) is 1.24. The molecular formula is C7H8N2O3. The van der Waals surface area contributed by atoms with Crippen molar-refractivity contribution in [3.05, 3.63) is 24.0 Å². The molecule has 0 aliphatic rings. The maximum atomic E-state index is 11.0. The van der Waals surface area contributed by atoms with Crippen molar-refractivity contribution in [2.24, 2.45) is 0 Å². The first-order valence-electron chi connectivity index (χ1n) is 3.33. The molecule has 64 valence electrons. The van der Waals surface area contributed by atoms with Gasteiger partial charge in [0.2, 0.25) is 0 Å². The minimum atomic E-state index is -1.06. The number of hydrogen-bond donors (Lipinski definition) is 3. The van der Waals surface area contributed by atoms with Crippen molar-refractivity contribution in [3.8, 4) is 0 Å². The molecule has 1 aromatic heterocycles. The normalized spacial score (nSPS) is 9.33. The number of carbonyl (C=O) groups is 2. The van der Waals surface area contributed by atoms with Gasteiger partial charge in [-0.2, -0.15) is 0 Å². The van der Waals surface area contributed by atoms with Gasteiger partial charge in [0.05, 0.1) is 0 Å². The molecular weight excluding hydrogens is 160 g/mol. The van der Waals surface area contributed by atoms with Crippen LogP contribution in [0.1, 0.15) is 10.5 Å². The second-order valence-corrected chi connectivity index (χ2v) is 2.16. The zero-order chi connectivity index (χ0) is 8.97. The summed E-state index contributed by atoms with van der Waals surface area (Å²) in [7, 11) is 0. The lowest BCUT2D eigenvalue weighted by Gasteiger charge is -1.97. The molecule has 0 bridgehead atoms. The van der Waals surface area contributed by atoms with Crippen LogP contribution in [-0.2, 0) is 4.79 Å². The number of amides is 1. The van der Waals surface area contributed by atoms with Crippen LogP contribution in [0.2, 0.25) is 0 Å². The lowest BCUT2D eigenvalue weighted by atomic mass is 10.4. The van der Waals surface area contributed by atoms with Crippen LogP contribution >= 0.6 is 0 Å². The second-order valence-electron chi connectivity index (χ2n) is 2.16. The van der Waals surface area contributed by atoms with Crippen LogP contribution in [0.15, 0.2) is 18.3 Å². The lowest BCUT2D eigenvalue weighted by molar-refractivity contribution is -0.135. The lowest BCUT2D eigenvalue weighted by Crippen LogP contribution is -2.29. The van der Waals surface area contributed by atoms with E-state index >= 15 is 0 Å². The Kier molecular flexibility index (Phi) is 2.47. The molecule has 3 N–H and O–H groups in total. The Balaban J connectivity index is 2.45. The molecule has 1 amide bonds. The first-order chi connectivity index (χ1) is 5.70. The summed E-state index contributed by atoms with van der Waals surface area (Å²) in [5.41, 5.74) is 0.358. The fraction of sp³-hybridized carbons (Fsp3) is 0.143. The fourth-order valence-corrected chi connectivity index (χ4v) is 0.723. The van der Waals surface area contributed by atoms with Crippen LogP contribution in [0.3, 0.4) is 0 Å². The summed E-state index contributed by atoms with van der Waals surface area (Å²) in [6.45, 7) is -0.363. The van der Waals surface area contributed by atoms with Crippen molar-refractivity contribution in [1.82, 2.24) is 10.3 Å². The van der Waals surface area contributed by atoms with Crippen molar-refractivity contribution < 1.29 is 14.7 Å². The SMILES string of the molecule is O=C(O)CNC(=O)c1ccc[nH]1. The van der Waals surface area contributed by atoms with Gasteiger partial charge >= 0.3 is 5.97 Å². The van der Waals surface area contributed by atoms with E-state index in [1.807, 2.05) is 0 Å². The van der Waals surface area contributed by atoms with Gasteiger partial charge in [-0.3, -0.25) is 9.59 Å². The van der Waals surface area contributed by atoms with Crippen LogP contribution in [0.25, 0.3) is 0 Å². The molecule has 5 nitrogen and oxygen atoms in total. The first-order valence-corrected chi connectivity index (χ1v) is 3.33. The molecule has 0 unspecified atom stereocenters. The average Bonchev–Trinajstić information content (AvgIpc) is 2.51. The average molecular weight is 168 g/mol. The summed E-state index contributed by atoms with van der Waals surface area (Å²) in [5, 5.41) is 10.4. The molecule has 0 radical (unpaired) electrons. The van der Waals surface area contributed by atoms with Crippen molar-refractivity contribution in [2.75, 3.05) is 6.54 Å².